The molecule has 0 aliphatic heterocycles. The van der Waals surface area contributed by atoms with Crippen LogP contribution in [0.25, 0.3) is 32.2 Å². The summed E-state index contributed by atoms with van der Waals surface area (Å²) in [6.07, 6.45) is 0. The molecule has 2 heterocycles. The monoisotopic (exact) mass is 505 g/mol. The summed E-state index contributed by atoms with van der Waals surface area (Å²) in [6, 6.07) is 21.5. The van der Waals surface area contributed by atoms with Gasteiger partial charge in [-0.25, -0.2) is 4.98 Å². The zero-order valence-corrected chi connectivity index (χ0v) is 20.8. The number of carbonyl (C=O) groups excluding carboxylic acids is 1. The van der Waals surface area contributed by atoms with Gasteiger partial charge in [-0.05, 0) is 61.0 Å². The van der Waals surface area contributed by atoms with E-state index in [0.29, 0.717) is 16.0 Å². The first-order valence-corrected chi connectivity index (χ1v) is 12.7. The molecule has 0 spiro atoms. The fraction of sp³-hybridized carbons (Fsp3) is 0.120. The van der Waals surface area contributed by atoms with Crippen LogP contribution in [-0.4, -0.2) is 31.4 Å². The molecule has 0 saturated carbocycles. The predicted molar refractivity (Wildman–Crippen MR) is 141 cm³/mol. The van der Waals surface area contributed by atoms with Crippen LogP contribution in [0.1, 0.15) is 5.56 Å². The number of fused-ring (bicyclic) bond motifs is 1. The number of anilines is 1. The lowest BCUT2D eigenvalue weighted by molar-refractivity contribution is -0.113. The topological polar surface area (TPSA) is 72.7 Å². The molecule has 34 heavy (non-hydrogen) atoms. The van der Waals surface area contributed by atoms with E-state index >= 15 is 0 Å². The fourth-order valence-electron chi connectivity index (χ4n) is 3.50. The van der Waals surface area contributed by atoms with Crippen molar-refractivity contribution < 1.29 is 4.79 Å². The summed E-state index contributed by atoms with van der Waals surface area (Å²) in [5, 5.41) is 13.6. The standard InChI is InChI=1S/C25H20ClN5OS2/c1-15-7-12-20-21(13-15)34-24(28-20)16-8-10-17(11-9-16)27-22(32)14-33-25-30-29-23(31(25)2)18-5-3-4-6-19(18)26/h3-13H,14H2,1-2H3,(H,27,32). The molecule has 0 saturated heterocycles. The summed E-state index contributed by atoms with van der Waals surface area (Å²) < 4.78 is 3.01. The van der Waals surface area contributed by atoms with Gasteiger partial charge in [0.05, 0.1) is 21.0 Å². The Balaban J connectivity index is 1.22. The van der Waals surface area contributed by atoms with Crippen LogP contribution in [0.15, 0.2) is 71.9 Å². The van der Waals surface area contributed by atoms with Gasteiger partial charge in [0.15, 0.2) is 11.0 Å². The minimum atomic E-state index is -0.115. The molecule has 1 amide bonds. The average molecular weight is 506 g/mol. The van der Waals surface area contributed by atoms with E-state index in [4.69, 9.17) is 16.6 Å². The third-order valence-electron chi connectivity index (χ3n) is 5.24. The molecule has 9 heteroatoms. The van der Waals surface area contributed by atoms with Crippen LogP contribution in [0, 0.1) is 6.92 Å². The Morgan fingerprint density at radius 2 is 1.88 bits per heavy atom. The Kier molecular flexibility index (Phi) is 6.36. The van der Waals surface area contributed by atoms with Crippen LogP contribution < -0.4 is 5.32 Å². The molecule has 6 nitrogen and oxygen atoms in total. The fourth-order valence-corrected chi connectivity index (χ4v) is 5.50. The molecule has 170 valence electrons. The van der Waals surface area contributed by atoms with Crippen molar-refractivity contribution in [2.24, 2.45) is 7.05 Å². The maximum absolute atomic E-state index is 12.5. The van der Waals surface area contributed by atoms with Gasteiger partial charge in [0.25, 0.3) is 0 Å². The lowest BCUT2D eigenvalue weighted by Crippen LogP contribution is -2.14. The number of thioether (sulfide) groups is 1. The number of amides is 1. The molecular formula is C25H20ClN5OS2. The van der Waals surface area contributed by atoms with Gasteiger partial charge >= 0.3 is 0 Å². The van der Waals surface area contributed by atoms with Gasteiger partial charge in [0.1, 0.15) is 5.01 Å². The largest absolute Gasteiger partial charge is 0.325 e. The first-order chi connectivity index (χ1) is 16.5. The number of hydrogen-bond donors (Lipinski definition) is 1. The molecule has 0 fully saturated rings. The van der Waals surface area contributed by atoms with Crippen molar-refractivity contribution in [3.05, 3.63) is 77.3 Å². The highest BCUT2D eigenvalue weighted by atomic mass is 35.5. The van der Waals surface area contributed by atoms with Crippen molar-refractivity contribution in [3.63, 3.8) is 0 Å². The van der Waals surface area contributed by atoms with Crippen molar-refractivity contribution in [1.82, 2.24) is 19.7 Å². The number of thiazole rings is 1. The summed E-state index contributed by atoms with van der Waals surface area (Å²) in [6.45, 7) is 2.08. The van der Waals surface area contributed by atoms with E-state index in [1.807, 2.05) is 66.2 Å². The second-order valence-electron chi connectivity index (χ2n) is 7.75. The van der Waals surface area contributed by atoms with Crippen LogP contribution in [0.3, 0.4) is 0 Å². The number of halogens is 1. The molecule has 0 aliphatic carbocycles. The molecule has 0 aliphatic rings. The average Bonchev–Trinajstić information content (AvgIpc) is 3.41. The lowest BCUT2D eigenvalue weighted by Gasteiger charge is -2.07. The third-order valence-corrected chi connectivity index (χ3v) is 7.66. The summed E-state index contributed by atoms with van der Waals surface area (Å²) in [5.74, 6) is 0.762. The number of rotatable bonds is 6. The van der Waals surface area contributed by atoms with E-state index in [9.17, 15) is 4.79 Å². The summed E-state index contributed by atoms with van der Waals surface area (Å²) in [7, 11) is 1.86. The molecule has 0 radical (unpaired) electrons. The number of hydrogen-bond acceptors (Lipinski definition) is 6. The van der Waals surface area contributed by atoms with Gasteiger partial charge in [0.2, 0.25) is 5.91 Å². The predicted octanol–water partition coefficient (Wildman–Crippen LogP) is 6.45. The van der Waals surface area contributed by atoms with Gasteiger partial charge in [-0.1, -0.05) is 41.6 Å². The van der Waals surface area contributed by atoms with E-state index < -0.39 is 0 Å². The first-order valence-electron chi connectivity index (χ1n) is 10.5. The number of nitrogens with one attached hydrogen (secondary N) is 1. The third kappa shape index (κ3) is 4.70. The van der Waals surface area contributed by atoms with Gasteiger partial charge in [0, 0.05) is 23.9 Å². The molecule has 0 unspecified atom stereocenters. The molecule has 5 aromatic rings. The zero-order valence-electron chi connectivity index (χ0n) is 18.4. The maximum Gasteiger partial charge on any atom is 0.234 e. The zero-order chi connectivity index (χ0) is 23.7. The number of aryl methyl sites for hydroxylation is 1. The SMILES string of the molecule is Cc1ccc2nc(-c3ccc(NC(=O)CSc4nnc(-c5ccccc5Cl)n4C)cc3)sc2c1. The number of benzene rings is 3. The van der Waals surface area contributed by atoms with Crippen molar-refractivity contribution in [2.45, 2.75) is 12.1 Å². The van der Waals surface area contributed by atoms with Crippen LogP contribution in [0.5, 0.6) is 0 Å². The molecule has 2 aromatic heterocycles. The van der Waals surface area contributed by atoms with Crippen molar-refractivity contribution in [2.75, 3.05) is 11.1 Å². The quantitative estimate of drug-likeness (QED) is 0.268. The molecule has 5 rings (SSSR count). The summed E-state index contributed by atoms with van der Waals surface area (Å²) in [4.78, 5) is 17.2. The van der Waals surface area contributed by atoms with Crippen molar-refractivity contribution >= 4 is 56.5 Å². The molecular weight excluding hydrogens is 486 g/mol. The Hall–Kier alpha value is -3.20. The Morgan fingerprint density at radius 3 is 2.68 bits per heavy atom. The van der Waals surface area contributed by atoms with Gasteiger partial charge in [-0.2, -0.15) is 0 Å². The highest BCUT2D eigenvalue weighted by Crippen LogP contribution is 2.31. The molecule has 3 aromatic carbocycles. The van der Waals surface area contributed by atoms with Gasteiger partial charge < -0.3 is 9.88 Å². The lowest BCUT2D eigenvalue weighted by atomic mass is 10.2. The van der Waals surface area contributed by atoms with E-state index in [1.54, 1.807) is 11.3 Å². The Morgan fingerprint density at radius 1 is 1.09 bits per heavy atom. The Bertz CT molecular complexity index is 1490. The number of nitrogens with zero attached hydrogens (tertiary/aromatic N) is 4. The smallest absolute Gasteiger partial charge is 0.234 e. The van der Waals surface area contributed by atoms with E-state index in [0.717, 1.165) is 27.3 Å². The van der Waals surface area contributed by atoms with Crippen LogP contribution in [-0.2, 0) is 11.8 Å². The molecule has 1 N–H and O–H groups in total. The maximum atomic E-state index is 12.5. The van der Waals surface area contributed by atoms with Gasteiger partial charge in [-0.3, -0.25) is 4.79 Å². The minimum absolute atomic E-state index is 0.115. The van der Waals surface area contributed by atoms with Crippen LogP contribution >= 0.6 is 34.7 Å². The highest BCUT2D eigenvalue weighted by Gasteiger charge is 2.15. The summed E-state index contributed by atoms with van der Waals surface area (Å²) >= 11 is 9.27. The highest BCUT2D eigenvalue weighted by molar-refractivity contribution is 7.99. The Labute approximate surface area is 210 Å². The molecule has 0 atom stereocenters. The first kappa shape index (κ1) is 22.6. The molecule has 0 bridgehead atoms. The number of aromatic nitrogens is 4. The van der Waals surface area contributed by atoms with E-state index in [2.05, 4.69) is 34.6 Å². The van der Waals surface area contributed by atoms with Crippen molar-refractivity contribution in [1.29, 1.82) is 0 Å². The second kappa shape index (κ2) is 9.58. The normalized spacial score (nSPS) is 11.1. The summed E-state index contributed by atoms with van der Waals surface area (Å²) in [5.41, 5.74) is 4.79. The van der Waals surface area contributed by atoms with E-state index in [1.165, 1.54) is 22.0 Å². The minimum Gasteiger partial charge on any atom is -0.325 e. The second-order valence-corrected chi connectivity index (χ2v) is 10.1. The van der Waals surface area contributed by atoms with E-state index in [-0.39, 0.29) is 11.7 Å². The van der Waals surface area contributed by atoms with Crippen LogP contribution in [0.4, 0.5) is 5.69 Å². The van der Waals surface area contributed by atoms with Crippen molar-refractivity contribution in [3.8, 4) is 22.0 Å². The number of carbonyl (C=O) groups is 1. The van der Waals surface area contributed by atoms with Gasteiger partial charge in [-0.15, -0.1) is 21.5 Å². The van der Waals surface area contributed by atoms with Crippen LogP contribution in [0.2, 0.25) is 5.02 Å².